The Morgan fingerprint density at radius 1 is 1.30 bits per heavy atom. The van der Waals surface area contributed by atoms with Crippen LogP contribution in [-0.4, -0.2) is 11.3 Å². The molecule has 0 fully saturated rings. The maximum Gasteiger partial charge on any atom is 0.127 e. The van der Waals surface area contributed by atoms with Crippen molar-refractivity contribution in [1.29, 1.82) is 0 Å². The Bertz CT molecular complexity index is 607. The SMILES string of the molecule is NC(Cc1ccc(Br)cc1F)C1Cc2ccccc2S1. The van der Waals surface area contributed by atoms with E-state index in [-0.39, 0.29) is 11.9 Å². The third-order valence-electron chi connectivity index (χ3n) is 3.62. The summed E-state index contributed by atoms with van der Waals surface area (Å²) in [6, 6.07) is 13.5. The van der Waals surface area contributed by atoms with Crippen molar-refractivity contribution in [2.75, 3.05) is 0 Å². The average Bonchev–Trinajstić information content (AvgIpc) is 2.86. The molecule has 2 N–H and O–H groups in total. The van der Waals surface area contributed by atoms with Crippen LogP contribution < -0.4 is 5.73 Å². The van der Waals surface area contributed by atoms with Crippen LogP contribution in [0.3, 0.4) is 0 Å². The van der Waals surface area contributed by atoms with Gasteiger partial charge in [0.25, 0.3) is 0 Å². The highest BCUT2D eigenvalue weighted by Crippen LogP contribution is 2.38. The standard InChI is InChI=1S/C16H15BrFNS/c17-12-6-5-10(13(18)9-12)7-14(19)16-8-11-3-1-2-4-15(11)20-16/h1-6,9,14,16H,7-8,19H2. The van der Waals surface area contributed by atoms with Crippen molar-refractivity contribution in [3.63, 3.8) is 0 Å². The number of thioether (sulfide) groups is 1. The molecule has 0 aliphatic carbocycles. The van der Waals surface area contributed by atoms with Crippen molar-refractivity contribution in [2.24, 2.45) is 5.73 Å². The van der Waals surface area contributed by atoms with Gasteiger partial charge in [0.2, 0.25) is 0 Å². The summed E-state index contributed by atoms with van der Waals surface area (Å²) < 4.78 is 14.6. The average molecular weight is 352 g/mol. The minimum atomic E-state index is -0.185. The van der Waals surface area contributed by atoms with Crippen LogP contribution >= 0.6 is 27.7 Å². The van der Waals surface area contributed by atoms with Gasteiger partial charge in [-0.2, -0.15) is 0 Å². The van der Waals surface area contributed by atoms with E-state index in [1.165, 1.54) is 16.5 Å². The molecule has 4 heteroatoms. The Kier molecular flexibility index (Phi) is 4.15. The summed E-state index contributed by atoms with van der Waals surface area (Å²) in [5.74, 6) is -0.185. The molecule has 1 nitrogen and oxygen atoms in total. The van der Waals surface area contributed by atoms with Gasteiger partial charge in [-0.1, -0.05) is 40.2 Å². The third-order valence-corrected chi connectivity index (χ3v) is 5.58. The number of hydrogen-bond acceptors (Lipinski definition) is 2. The van der Waals surface area contributed by atoms with Crippen molar-refractivity contribution in [3.8, 4) is 0 Å². The molecule has 2 atom stereocenters. The summed E-state index contributed by atoms with van der Waals surface area (Å²) in [5.41, 5.74) is 8.35. The quantitative estimate of drug-likeness (QED) is 0.897. The third kappa shape index (κ3) is 2.92. The summed E-state index contributed by atoms with van der Waals surface area (Å²) in [5, 5.41) is 0.329. The molecule has 1 aliphatic heterocycles. The minimum absolute atomic E-state index is 0.0388. The van der Waals surface area contributed by atoms with Crippen molar-refractivity contribution in [1.82, 2.24) is 0 Å². The second-order valence-corrected chi connectivity index (χ2v) is 7.27. The van der Waals surface area contributed by atoms with Crippen LogP contribution in [0.15, 0.2) is 51.8 Å². The number of hydrogen-bond donors (Lipinski definition) is 1. The lowest BCUT2D eigenvalue weighted by Gasteiger charge is -2.18. The van der Waals surface area contributed by atoms with Crippen molar-refractivity contribution >= 4 is 27.7 Å². The molecule has 2 aromatic rings. The molecular formula is C16H15BrFNS. The molecule has 20 heavy (non-hydrogen) atoms. The van der Waals surface area contributed by atoms with E-state index >= 15 is 0 Å². The first-order valence-corrected chi connectivity index (χ1v) is 8.25. The first-order chi connectivity index (χ1) is 9.63. The lowest BCUT2D eigenvalue weighted by atomic mass is 9.99. The normalized spacial score (nSPS) is 18.9. The Labute approximate surface area is 130 Å². The molecule has 2 unspecified atom stereocenters. The molecule has 0 saturated carbocycles. The molecule has 0 aromatic heterocycles. The summed E-state index contributed by atoms with van der Waals surface area (Å²) in [6.45, 7) is 0. The molecule has 1 heterocycles. The fourth-order valence-electron chi connectivity index (χ4n) is 2.52. The van der Waals surface area contributed by atoms with Crippen LogP contribution in [0, 0.1) is 5.82 Å². The maximum absolute atomic E-state index is 13.9. The van der Waals surface area contributed by atoms with E-state index in [9.17, 15) is 4.39 Å². The molecule has 0 spiro atoms. The van der Waals surface area contributed by atoms with Crippen molar-refractivity contribution in [2.45, 2.75) is 29.0 Å². The number of nitrogens with two attached hydrogens (primary N) is 1. The lowest BCUT2D eigenvalue weighted by Crippen LogP contribution is -2.34. The number of rotatable bonds is 3. The zero-order valence-corrected chi connectivity index (χ0v) is 13.3. The van der Waals surface area contributed by atoms with Gasteiger partial charge in [0.05, 0.1) is 0 Å². The molecule has 0 amide bonds. The molecule has 0 bridgehead atoms. The molecule has 3 rings (SSSR count). The Morgan fingerprint density at radius 3 is 2.85 bits per heavy atom. The van der Waals surface area contributed by atoms with Gasteiger partial charge in [-0.25, -0.2) is 4.39 Å². The van der Waals surface area contributed by atoms with E-state index in [0.29, 0.717) is 17.2 Å². The monoisotopic (exact) mass is 351 g/mol. The van der Waals surface area contributed by atoms with Crippen molar-refractivity contribution < 1.29 is 4.39 Å². The highest BCUT2D eigenvalue weighted by molar-refractivity contribution is 9.10. The van der Waals surface area contributed by atoms with Crippen LogP contribution in [-0.2, 0) is 12.8 Å². The van der Waals surface area contributed by atoms with Crippen LogP contribution in [0.25, 0.3) is 0 Å². The van der Waals surface area contributed by atoms with E-state index in [4.69, 9.17) is 5.73 Å². The maximum atomic E-state index is 13.9. The van der Waals surface area contributed by atoms with Crippen molar-refractivity contribution in [3.05, 3.63) is 63.9 Å². The van der Waals surface area contributed by atoms with Gasteiger partial charge in [-0.05, 0) is 42.2 Å². The van der Waals surface area contributed by atoms with Crippen LogP contribution in [0.2, 0.25) is 0 Å². The van der Waals surface area contributed by atoms with Gasteiger partial charge in [0, 0.05) is 20.7 Å². The largest absolute Gasteiger partial charge is 0.326 e. The zero-order chi connectivity index (χ0) is 14.1. The second kappa shape index (κ2) is 5.88. The lowest BCUT2D eigenvalue weighted by molar-refractivity contribution is 0.575. The fourth-order valence-corrected chi connectivity index (χ4v) is 4.17. The Hall–Kier alpha value is -0.840. The number of benzene rings is 2. The number of halogens is 2. The molecule has 1 aliphatic rings. The van der Waals surface area contributed by atoms with Crippen LogP contribution in [0.5, 0.6) is 0 Å². The fraction of sp³-hybridized carbons (Fsp3) is 0.250. The predicted molar refractivity (Wildman–Crippen MR) is 85.6 cm³/mol. The van der Waals surface area contributed by atoms with Gasteiger partial charge >= 0.3 is 0 Å². The summed E-state index contributed by atoms with van der Waals surface area (Å²) in [4.78, 5) is 1.31. The van der Waals surface area contributed by atoms with Crippen LogP contribution in [0.1, 0.15) is 11.1 Å². The molecule has 0 saturated heterocycles. The highest BCUT2D eigenvalue weighted by atomic mass is 79.9. The summed E-state index contributed by atoms with van der Waals surface area (Å²) in [6.07, 6.45) is 1.55. The Balaban J connectivity index is 1.70. The van der Waals surface area contributed by atoms with Gasteiger partial charge in [-0.15, -0.1) is 11.8 Å². The number of fused-ring (bicyclic) bond motifs is 1. The van der Waals surface area contributed by atoms with E-state index in [1.54, 1.807) is 0 Å². The second-order valence-electron chi connectivity index (χ2n) is 5.07. The molecule has 0 radical (unpaired) electrons. The molecular weight excluding hydrogens is 337 g/mol. The topological polar surface area (TPSA) is 26.0 Å². The van der Waals surface area contributed by atoms with E-state index in [1.807, 2.05) is 30.0 Å². The van der Waals surface area contributed by atoms with Gasteiger partial charge in [-0.3, -0.25) is 0 Å². The summed E-state index contributed by atoms with van der Waals surface area (Å²) in [7, 11) is 0. The Morgan fingerprint density at radius 2 is 2.10 bits per heavy atom. The van der Waals surface area contributed by atoms with E-state index in [2.05, 4.69) is 34.1 Å². The summed E-state index contributed by atoms with van der Waals surface area (Å²) >= 11 is 5.09. The highest BCUT2D eigenvalue weighted by Gasteiger charge is 2.27. The predicted octanol–water partition coefficient (Wildman–Crippen LogP) is 4.18. The first kappa shape index (κ1) is 14.1. The van der Waals surface area contributed by atoms with Gasteiger partial charge < -0.3 is 5.73 Å². The van der Waals surface area contributed by atoms with Gasteiger partial charge in [0.15, 0.2) is 0 Å². The van der Waals surface area contributed by atoms with E-state index in [0.717, 1.165) is 10.9 Å². The molecule has 104 valence electrons. The van der Waals surface area contributed by atoms with Gasteiger partial charge in [0.1, 0.15) is 5.82 Å². The van der Waals surface area contributed by atoms with Crippen LogP contribution in [0.4, 0.5) is 4.39 Å². The minimum Gasteiger partial charge on any atom is -0.326 e. The first-order valence-electron chi connectivity index (χ1n) is 6.57. The molecule has 2 aromatic carbocycles. The smallest absolute Gasteiger partial charge is 0.127 e. The zero-order valence-electron chi connectivity index (χ0n) is 10.9. The van der Waals surface area contributed by atoms with E-state index < -0.39 is 0 Å².